The Hall–Kier alpha value is -1.61. The van der Waals surface area contributed by atoms with Crippen molar-refractivity contribution in [2.75, 3.05) is 5.32 Å². The number of fused-ring (bicyclic) bond motifs is 5. The maximum Gasteiger partial charge on any atom is 0.228 e. The van der Waals surface area contributed by atoms with Gasteiger partial charge >= 0.3 is 0 Å². The third-order valence-electron chi connectivity index (χ3n) is 9.41. The molecule has 1 aromatic rings. The van der Waals surface area contributed by atoms with E-state index in [1.54, 1.807) is 0 Å². The average molecular weight is 426 g/mol. The minimum absolute atomic E-state index is 0.0531. The highest BCUT2D eigenvalue weighted by molar-refractivity contribution is 6.33. The SMILES string of the molecule is C[C@]12CC[C@H]3[C@@H](CCC4=CC(=O)CC[C@@]43C)[C@@H]1CC[C@@H]2C(=O)Nc1ccccc1Cl. The molecule has 3 fully saturated rings. The minimum Gasteiger partial charge on any atom is -0.325 e. The smallest absolute Gasteiger partial charge is 0.228 e. The molecule has 30 heavy (non-hydrogen) atoms. The predicted octanol–water partition coefficient (Wildman–Crippen LogP) is 6.43. The molecule has 1 aromatic carbocycles. The van der Waals surface area contributed by atoms with Gasteiger partial charge in [0.2, 0.25) is 5.91 Å². The van der Waals surface area contributed by atoms with Crippen molar-refractivity contribution in [3.05, 3.63) is 40.9 Å². The molecule has 1 amide bonds. The molecule has 4 aliphatic rings. The van der Waals surface area contributed by atoms with E-state index in [1.165, 1.54) is 18.4 Å². The minimum atomic E-state index is 0.0531. The molecule has 0 radical (unpaired) electrons. The van der Waals surface area contributed by atoms with Crippen LogP contribution in [0.15, 0.2) is 35.9 Å². The number of nitrogens with one attached hydrogen (secondary N) is 1. The fourth-order valence-electron chi connectivity index (χ4n) is 7.77. The topological polar surface area (TPSA) is 46.2 Å². The summed E-state index contributed by atoms with van der Waals surface area (Å²) in [6, 6.07) is 7.50. The van der Waals surface area contributed by atoms with Crippen molar-refractivity contribution in [3.63, 3.8) is 0 Å². The zero-order valence-electron chi connectivity index (χ0n) is 18.0. The van der Waals surface area contributed by atoms with Gasteiger partial charge in [0.05, 0.1) is 10.7 Å². The van der Waals surface area contributed by atoms with Crippen LogP contribution in [0, 0.1) is 34.5 Å². The fourth-order valence-corrected chi connectivity index (χ4v) is 7.96. The monoisotopic (exact) mass is 425 g/mol. The first-order chi connectivity index (χ1) is 14.3. The quantitative estimate of drug-likeness (QED) is 0.593. The molecule has 0 saturated heterocycles. The van der Waals surface area contributed by atoms with Crippen molar-refractivity contribution in [1.29, 1.82) is 0 Å². The van der Waals surface area contributed by atoms with Gasteiger partial charge in [0.25, 0.3) is 0 Å². The Morgan fingerprint density at radius 1 is 1.03 bits per heavy atom. The number of ketones is 1. The van der Waals surface area contributed by atoms with E-state index < -0.39 is 0 Å². The van der Waals surface area contributed by atoms with Crippen LogP contribution in [0.1, 0.15) is 65.2 Å². The molecule has 0 unspecified atom stereocenters. The van der Waals surface area contributed by atoms with Gasteiger partial charge in [-0.25, -0.2) is 0 Å². The van der Waals surface area contributed by atoms with Crippen LogP contribution in [0.4, 0.5) is 5.69 Å². The molecule has 0 aliphatic heterocycles. The van der Waals surface area contributed by atoms with Gasteiger partial charge in [-0.3, -0.25) is 9.59 Å². The molecule has 0 heterocycles. The van der Waals surface area contributed by atoms with E-state index in [2.05, 4.69) is 19.2 Å². The number of para-hydroxylation sites is 1. The number of benzene rings is 1. The molecule has 1 N–H and O–H groups in total. The molecule has 0 aromatic heterocycles. The van der Waals surface area contributed by atoms with Crippen LogP contribution < -0.4 is 5.32 Å². The maximum atomic E-state index is 13.3. The summed E-state index contributed by atoms with van der Waals surface area (Å²) in [5, 5.41) is 3.72. The first kappa shape index (κ1) is 20.3. The highest BCUT2D eigenvalue weighted by Gasteiger charge is 2.60. The standard InChI is InChI=1S/C26H32ClNO2/c1-25-13-11-17(29)15-16(25)7-8-18-19-9-10-21(26(19,2)14-12-20(18)25)24(30)28-23-6-4-3-5-22(23)27/h3-6,15,18-21H,7-14H2,1-2H3,(H,28,30)/t18-,19-,20-,21+,25-,26-/m0/s1. The third-order valence-corrected chi connectivity index (χ3v) is 9.74. The van der Waals surface area contributed by atoms with E-state index in [9.17, 15) is 9.59 Å². The summed E-state index contributed by atoms with van der Waals surface area (Å²) in [5.41, 5.74) is 2.39. The Morgan fingerprint density at radius 3 is 2.63 bits per heavy atom. The van der Waals surface area contributed by atoms with Crippen molar-refractivity contribution in [2.45, 2.75) is 65.2 Å². The lowest BCUT2D eigenvalue weighted by atomic mass is 9.47. The Bertz CT molecular complexity index is 923. The van der Waals surface area contributed by atoms with Crippen molar-refractivity contribution in [1.82, 2.24) is 0 Å². The number of rotatable bonds is 2. The van der Waals surface area contributed by atoms with E-state index in [0.717, 1.165) is 37.8 Å². The van der Waals surface area contributed by atoms with E-state index in [-0.39, 0.29) is 22.7 Å². The van der Waals surface area contributed by atoms with Gasteiger partial charge in [-0.2, -0.15) is 0 Å². The highest BCUT2D eigenvalue weighted by Crippen LogP contribution is 2.66. The summed E-state index contributed by atoms with van der Waals surface area (Å²) in [7, 11) is 0. The molecule has 0 spiro atoms. The number of halogens is 1. The van der Waals surface area contributed by atoms with Gasteiger partial charge in [0.15, 0.2) is 5.78 Å². The number of amides is 1. The van der Waals surface area contributed by atoms with Crippen LogP contribution in [0.25, 0.3) is 0 Å². The second kappa shape index (κ2) is 7.22. The predicted molar refractivity (Wildman–Crippen MR) is 120 cm³/mol. The van der Waals surface area contributed by atoms with Crippen LogP contribution >= 0.6 is 11.6 Å². The molecule has 4 heteroatoms. The van der Waals surface area contributed by atoms with Gasteiger partial charge < -0.3 is 5.32 Å². The normalized spacial score (nSPS) is 40.1. The lowest BCUT2D eigenvalue weighted by Gasteiger charge is -2.58. The number of hydrogen-bond acceptors (Lipinski definition) is 2. The van der Waals surface area contributed by atoms with Crippen LogP contribution in [0.5, 0.6) is 0 Å². The van der Waals surface area contributed by atoms with Crippen molar-refractivity contribution >= 4 is 29.0 Å². The lowest BCUT2D eigenvalue weighted by Crippen LogP contribution is -2.51. The number of carbonyl (C=O) groups excluding carboxylic acids is 2. The van der Waals surface area contributed by atoms with Crippen molar-refractivity contribution in [3.8, 4) is 0 Å². The zero-order valence-corrected chi connectivity index (χ0v) is 18.8. The van der Waals surface area contributed by atoms with E-state index >= 15 is 0 Å². The van der Waals surface area contributed by atoms with Crippen LogP contribution in [-0.4, -0.2) is 11.7 Å². The molecular weight excluding hydrogens is 394 g/mol. The van der Waals surface area contributed by atoms with Gasteiger partial charge in [0.1, 0.15) is 0 Å². The molecule has 4 aliphatic carbocycles. The van der Waals surface area contributed by atoms with E-state index in [4.69, 9.17) is 11.6 Å². The molecule has 6 atom stereocenters. The summed E-state index contributed by atoms with van der Waals surface area (Å²) >= 11 is 6.28. The van der Waals surface area contributed by atoms with E-state index in [0.29, 0.717) is 35.0 Å². The lowest BCUT2D eigenvalue weighted by molar-refractivity contribution is -0.127. The Balaban J connectivity index is 1.38. The molecule has 5 rings (SSSR count). The Labute approximate surface area is 184 Å². The second-order valence-electron chi connectivity index (χ2n) is 10.6. The number of carbonyl (C=O) groups is 2. The van der Waals surface area contributed by atoms with Crippen LogP contribution in [0.2, 0.25) is 5.02 Å². The Morgan fingerprint density at radius 2 is 1.83 bits per heavy atom. The number of hydrogen-bond donors (Lipinski definition) is 1. The summed E-state index contributed by atoms with van der Waals surface area (Å²) in [6.07, 6.45) is 10.3. The summed E-state index contributed by atoms with van der Waals surface area (Å²) in [5.74, 6) is 2.45. The van der Waals surface area contributed by atoms with Crippen molar-refractivity contribution < 1.29 is 9.59 Å². The Kier molecular flexibility index (Phi) is 4.89. The molecule has 160 valence electrons. The van der Waals surface area contributed by atoms with Gasteiger partial charge in [-0.15, -0.1) is 0 Å². The van der Waals surface area contributed by atoms with E-state index in [1.807, 2.05) is 30.3 Å². The zero-order chi connectivity index (χ0) is 21.1. The summed E-state index contributed by atoms with van der Waals surface area (Å²) in [6.45, 7) is 4.79. The molecular formula is C26H32ClNO2. The van der Waals surface area contributed by atoms with Crippen molar-refractivity contribution in [2.24, 2.45) is 34.5 Å². The molecule has 0 bridgehead atoms. The third kappa shape index (κ3) is 2.99. The highest BCUT2D eigenvalue weighted by atomic mass is 35.5. The van der Waals surface area contributed by atoms with Gasteiger partial charge in [-0.1, -0.05) is 43.2 Å². The largest absolute Gasteiger partial charge is 0.325 e. The maximum absolute atomic E-state index is 13.3. The van der Waals surface area contributed by atoms with Gasteiger partial charge in [-0.05, 0) is 91.7 Å². The number of allylic oxidation sites excluding steroid dienone is 1. The fraction of sp³-hybridized carbons (Fsp3) is 0.615. The summed E-state index contributed by atoms with van der Waals surface area (Å²) in [4.78, 5) is 25.3. The summed E-state index contributed by atoms with van der Waals surface area (Å²) < 4.78 is 0. The van der Waals surface area contributed by atoms with Crippen LogP contribution in [0.3, 0.4) is 0 Å². The molecule has 3 saturated carbocycles. The molecule has 3 nitrogen and oxygen atoms in total. The number of anilines is 1. The second-order valence-corrected chi connectivity index (χ2v) is 11.0. The van der Waals surface area contributed by atoms with Gasteiger partial charge in [0, 0.05) is 12.3 Å². The average Bonchev–Trinajstić information content (AvgIpc) is 3.07. The van der Waals surface area contributed by atoms with Crippen LogP contribution in [-0.2, 0) is 9.59 Å². The first-order valence-corrected chi connectivity index (χ1v) is 12.0. The first-order valence-electron chi connectivity index (χ1n) is 11.6.